The molecule has 28 nitrogen and oxygen atoms in total. The number of benzene rings is 8. The minimum Gasteiger partial charge on any atom is -0.497 e. The second-order valence-corrected chi connectivity index (χ2v) is 26.1. The fourth-order valence-electron chi connectivity index (χ4n) is 13.4. The smallest absolute Gasteiger partial charge is 0.338 e. The molecule has 0 bridgehead atoms. The van der Waals surface area contributed by atoms with Gasteiger partial charge in [0.1, 0.15) is 46.0 Å². The topological polar surface area (TPSA) is 290 Å². The lowest BCUT2D eigenvalue weighted by Gasteiger charge is -2.28. The summed E-state index contributed by atoms with van der Waals surface area (Å²) in [4.78, 5) is 53.8. The van der Waals surface area contributed by atoms with Crippen LogP contribution in [0.15, 0.2) is 121 Å². The molecule has 0 aliphatic rings. The van der Waals surface area contributed by atoms with Gasteiger partial charge in [-0.2, -0.15) is 0 Å². The van der Waals surface area contributed by atoms with E-state index in [4.69, 9.17) is 114 Å². The highest BCUT2D eigenvalue weighted by Crippen LogP contribution is 2.45. The zero-order chi connectivity index (χ0) is 84.4. The van der Waals surface area contributed by atoms with Crippen molar-refractivity contribution in [2.75, 3.05) is 169 Å². The highest BCUT2D eigenvalue weighted by molar-refractivity contribution is 5.92. The van der Waals surface area contributed by atoms with Crippen molar-refractivity contribution < 1.29 is 133 Å². The van der Waals surface area contributed by atoms with E-state index in [0.717, 1.165) is 22.3 Å². The Bertz CT molecular complexity index is 4050. The molecule has 0 heterocycles. The van der Waals surface area contributed by atoms with Crippen LogP contribution in [0.2, 0.25) is 0 Å². The quantitative estimate of drug-likeness (QED) is 0.0194. The summed E-state index contributed by atoms with van der Waals surface area (Å²) in [6.07, 6.45) is 3.95. The Balaban J connectivity index is 0.000000321. The average Bonchev–Trinajstić information content (AvgIpc) is 0.822. The van der Waals surface area contributed by atoms with Crippen molar-refractivity contribution in [3.05, 3.63) is 166 Å². The summed E-state index contributed by atoms with van der Waals surface area (Å²) in [6, 6.07) is 34.6. The van der Waals surface area contributed by atoms with Crippen LogP contribution in [0, 0.1) is 23.7 Å². The lowest BCUT2D eigenvalue weighted by atomic mass is 9.80. The second kappa shape index (κ2) is 46.1. The van der Waals surface area contributed by atoms with E-state index >= 15 is 0 Å². The van der Waals surface area contributed by atoms with E-state index in [1.54, 1.807) is 158 Å². The molecule has 0 amide bonds. The fourth-order valence-corrected chi connectivity index (χ4v) is 13.4. The second-order valence-electron chi connectivity index (χ2n) is 26.1. The van der Waals surface area contributed by atoms with E-state index in [1.807, 2.05) is 48.5 Å². The third kappa shape index (κ3) is 24.8. The van der Waals surface area contributed by atoms with E-state index in [1.165, 1.54) is 56.9 Å². The van der Waals surface area contributed by atoms with Gasteiger partial charge in [0, 0.05) is 36.1 Å². The maximum Gasteiger partial charge on any atom is 0.338 e. The Morgan fingerprint density at radius 1 is 0.216 bits per heavy atom. The summed E-state index contributed by atoms with van der Waals surface area (Å²) in [6.45, 7) is 0.274. The van der Waals surface area contributed by atoms with Gasteiger partial charge in [-0.05, 0) is 183 Å². The summed E-state index contributed by atoms with van der Waals surface area (Å²) in [5.41, 5.74) is 4.62. The molecule has 0 aromatic heterocycles. The van der Waals surface area contributed by atoms with Gasteiger partial charge >= 0.3 is 23.9 Å². The first-order valence-electron chi connectivity index (χ1n) is 36.9. The van der Waals surface area contributed by atoms with Crippen LogP contribution in [0.4, 0.5) is 0 Å². The van der Waals surface area contributed by atoms with Crippen molar-refractivity contribution in [3.63, 3.8) is 0 Å². The molecule has 0 aliphatic carbocycles. The summed E-state index contributed by atoms with van der Waals surface area (Å²) in [5.74, 6) is 6.35. The molecule has 8 aromatic rings. The van der Waals surface area contributed by atoms with E-state index in [0.29, 0.717) is 177 Å². The number of rotatable bonds is 46. The van der Waals surface area contributed by atoms with Gasteiger partial charge in [0.05, 0.1) is 191 Å². The largest absolute Gasteiger partial charge is 0.497 e. The molecule has 8 rings (SSSR count). The maximum absolute atomic E-state index is 13.7. The normalized spacial score (nSPS) is 11.7. The first-order chi connectivity index (χ1) is 56.1. The van der Waals surface area contributed by atoms with Crippen molar-refractivity contribution in [3.8, 4) is 115 Å². The Hall–Kier alpha value is -12.4. The van der Waals surface area contributed by atoms with Gasteiger partial charge < -0.3 is 114 Å². The number of carbonyl (C=O) groups excluding carboxylic acids is 4. The highest BCUT2D eigenvalue weighted by Gasteiger charge is 2.31. The standard InChI is InChI=1S/2C44H54O14/c2*1-47-33-20-30(21-34(24-33)48-2)43(45)57-13-11-12-29(14-27-16-37(51-5)41(55-9)38(17-27)52-6)32(15-28-18-39(53-7)42(56-10)40(19-28)54-8)26-58-44(46)31-22-35(49-3)25-36(23-31)50-4/h2*16-25,29,32H,11-15,26H2,1-10H3/t2*29-,32+/m10/s1. The van der Waals surface area contributed by atoms with Crippen molar-refractivity contribution in [1.29, 1.82) is 0 Å². The van der Waals surface area contributed by atoms with E-state index in [9.17, 15) is 19.2 Å². The van der Waals surface area contributed by atoms with Gasteiger partial charge in [-0.3, -0.25) is 0 Å². The molecule has 4 atom stereocenters. The molecular weight excluding hydrogens is 1500 g/mol. The monoisotopic (exact) mass is 1610 g/mol. The van der Waals surface area contributed by atoms with Gasteiger partial charge in [-0.15, -0.1) is 0 Å². The van der Waals surface area contributed by atoms with Crippen LogP contribution in [0.3, 0.4) is 0 Å². The third-order valence-electron chi connectivity index (χ3n) is 19.3. The molecule has 0 saturated heterocycles. The van der Waals surface area contributed by atoms with Crippen LogP contribution in [0.5, 0.6) is 115 Å². The number of hydrogen-bond acceptors (Lipinski definition) is 28. The number of esters is 4. The number of ether oxygens (including phenoxy) is 24. The molecule has 0 N–H and O–H groups in total. The molecule has 116 heavy (non-hydrogen) atoms. The molecule has 628 valence electrons. The van der Waals surface area contributed by atoms with Gasteiger partial charge in [-0.25, -0.2) is 19.2 Å². The Labute approximate surface area is 678 Å². The van der Waals surface area contributed by atoms with Crippen LogP contribution >= 0.6 is 0 Å². The molecule has 0 saturated carbocycles. The van der Waals surface area contributed by atoms with E-state index < -0.39 is 23.9 Å². The number of methoxy groups -OCH3 is 20. The van der Waals surface area contributed by atoms with Gasteiger partial charge in [0.25, 0.3) is 0 Å². The van der Waals surface area contributed by atoms with E-state index in [-0.39, 0.29) is 61.2 Å². The Kier molecular flexibility index (Phi) is 36.1. The SMILES string of the molecule is COc1cc(OC)cc(C(=O)OCCC[C@@H](Cc2cc(OC)c(OC)c(OC)c2)[C@@H](COC(=O)c2cc(OC)cc(OC)c2)Cc2cc(OC)c(OC)c(OC)c2)c1.COc1cc(OC)cc(C(=O)OCCC[C@H](Cc2cc(OC)c(OC)c(OC)c2)[C@H](COC(=O)c2cc(OC)cc(OC)c2)Cc2cc(OC)c(OC)c(OC)c2)c1. The van der Waals surface area contributed by atoms with Gasteiger partial charge in [-0.1, -0.05) is 0 Å². The zero-order valence-corrected chi connectivity index (χ0v) is 69.8. The number of carbonyl (C=O) groups is 4. The van der Waals surface area contributed by atoms with Crippen LogP contribution < -0.4 is 94.7 Å². The summed E-state index contributed by atoms with van der Waals surface area (Å²) < 4.78 is 134. The molecular formula is C88H108O28. The van der Waals surface area contributed by atoms with Crippen molar-refractivity contribution in [2.45, 2.75) is 51.4 Å². The van der Waals surface area contributed by atoms with Crippen LogP contribution in [-0.4, -0.2) is 193 Å². The van der Waals surface area contributed by atoms with Gasteiger partial charge in [0.15, 0.2) is 46.0 Å². The first-order valence-corrected chi connectivity index (χ1v) is 36.9. The Morgan fingerprint density at radius 3 is 0.569 bits per heavy atom. The maximum atomic E-state index is 13.7. The highest BCUT2D eigenvalue weighted by atomic mass is 16.6. The Morgan fingerprint density at radius 2 is 0.397 bits per heavy atom. The van der Waals surface area contributed by atoms with Crippen LogP contribution in [0.25, 0.3) is 0 Å². The first kappa shape index (κ1) is 90.8. The third-order valence-corrected chi connectivity index (χ3v) is 19.3. The number of hydrogen-bond donors (Lipinski definition) is 0. The van der Waals surface area contributed by atoms with Crippen molar-refractivity contribution >= 4 is 23.9 Å². The van der Waals surface area contributed by atoms with Crippen LogP contribution in [-0.2, 0) is 44.6 Å². The van der Waals surface area contributed by atoms with Crippen LogP contribution in [0.1, 0.15) is 89.4 Å². The van der Waals surface area contributed by atoms with Crippen molar-refractivity contribution in [2.24, 2.45) is 23.7 Å². The lowest BCUT2D eigenvalue weighted by molar-refractivity contribution is 0.0358. The molecule has 28 heteroatoms. The minimum atomic E-state index is -0.554. The summed E-state index contributed by atoms with van der Waals surface area (Å²) in [5, 5.41) is 0. The summed E-state index contributed by atoms with van der Waals surface area (Å²) >= 11 is 0. The zero-order valence-electron chi connectivity index (χ0n) is 69.8. The molecule has 0 fully saturated rings. The molecule has 8 aromatic carbocycles. The average molecular weight is 1610 g/mol. The summed E-state index contributed by atoms with van der Waals surface area (Å²) in [7, 11) is 30.7. The predicted octanol–water partition coefficient (Wildman–Crippen LogP) is 14.6. The lowest BCUT2D eigenvalue weighted by Crippen LogP contribution is -2.27. The molecule has 0 unspecified atom stereocenters. The molecule has 0 spiro atoms. The molecule has 0 aliphatic heterocycles. The molecule has 0 radical (unpaired) electrons. The van der Waals surface area contributed by atoms with Crippen molar-refractivity contribution in [1.82, 2.24) is 0 Å². The fraction of sp³-hybridized carbons (Fsp3) is 0.409. The predicted molar refractivity (Wildman–Crippen MR) is 431 cm³/mol. The van der Waals surface area contributed by atoms with Gasteiger partial charge in [0.2, 0.25) is 23.0 Å². The minimum absolute atomic E-state index is 0.0213. The van der Waals surface area contributed by atoms with E-state index in [2.05, 4.69) is 0 Å².